The molecule has 1 aliphatic rings. The molecule has 88 valence electrons. The number of anilines is 1. The lowest BCUT2D eigenvalue weighted by molar-refractivity contribution is -0.111. The fourth-order valence-corrected chi connectivity index (χ4v) is 2.01. The van der Waals surface area contributed by atoms with Gasteiger partial charge in [0.2, 0.25) is 0 Å². The van der Waals surface area contributed by atoms with Crippen LogP contribution in [0, 0.1) is 11.7 Å². The Balaban J connectivity index is 0.00000128. The topological polar surface area (TPSA) is 20.3 Å². The van der Waals surface area contributed by atoms with Gasteiger partial charge in [-0.15, -0.1) is 12.4 Å². The van der Waals surface area contributed by atoms with Crippen LogP contribution in [-0.2, 0) is 4.79 Å². The second kappa shape index (κ2) is 5.85. The summed E-state index contributed by atoms with van der Waals surface area (Å²) in [5, 5.41) is 0. The fourth-order valence-electron chi connectivity index (χ4n) is 2.01. The molecule has 4 heteroatoms. The average Bonchev–Trinajstić information content (AvgIpc) is 2.30. The second-order valence-corrected chi connectivity index (χ2v) is 3.96. The number of carbonyl (C=O) groups is 1. The molecule has 1 heterocycles. The summed E-state index contributed by atoms with van der Waals surface area (Å²) < 4.78 is 12.7. The summed E-state index contributed by atoms with van der Waals surface area (Å²) in [5.74, 6) is -0.0912. The number of halogens is 2. The van der Waals surface area contributed by atoms with Gasteiger partial charge in [-0.1, -0.05) is 0 Å². The van der Waals surface area contributed by atoms with Crippen LogP contribution < -0.4 is 4.90 Å². The Labute approximate surface area is 101 Å². The predicted molar refractivity (Wildman–Crippen MR) is 64.6 cm³/mol. The van der Waals surface area contributed by atoms with Crippen molar-refractivity contribution in [2.24, 2.45) is 5.92 Å². The van der Waals surface area contributed by atoms with Crippen molar-refractivity contribution >= 4 is 24.4 Å². The van der Waals surface area contributed by atoms with Crippen molar-refractivity contribution in [2.75, 3.05) is 18.0 Å². The van der Waals surface area contributed by atoms with Gasteiger partial charge in [0.1, 0.15) is 12.1 Å². The summed E-state index contributed by atoms with van der Waals surface area (Å²) in [4.78, 5) is 12.8. The van der Waals surface area contributed by atoms with Crippen LogP contribution in [0.3, 0.4) is 0 Å². The monoisotopic (exact) mass is 243 g/mol. The van der Waals surface area contributed by atoms with Crippen molar-refractivity contribution in [3.05, 3.63) is 30.1 Å². The summed E-state index contributed by atoms with van der Waals surface area (Å²) in [6.45, 7) is 1.71. The van der Waals surface area contributed by atoms with Crippen LogP contribution in [0.1, 0.15) is 12.8 Å². The van der Waals surface area contributed by atoms with Gasteiger partial charge in [-0.3, -0.25) is 0 Å². The molecule has 0 amide bonds. The van der Waals surface area contributed by atoms with Gasteiger partial charge in [0.25, 0.3) is 0 Å². The molecule has 1 aliphatic heterocycles. The smallest absolute Gasteiger partial charge is 0.124 e. The zero-order valence-corrected chi connectivity index (χ0v) is 9.75. The van der Waals surface area contributed by atoms with Crippen LogP contribution in [0.2, 0.25) is 0 Å². The Morgan fingerprint density at radius 2 is 2.00 bits per heavy atom. The summed E-state index contributed by atoms with van der Waals surface area (Å²) in [7, 11) is 0. The summed E-state index contributed by atoms with van der Waals surface area (Å²) in [6.07, 6.45) is 3.03. The van der Waals surface area contributed by atoms with Crippen molar-refractivity contribution in [3.63, 3.8) is 0 Å². The van der Waals surface area contributed by atoms with E-state index in [9.17, 15) is 9.18 Å². The first kappa shape index (κ1) is 13.0. The Hall–Kier alpha value is -1.09. The van der Waals surface area contributed by atoms with Gasteiger partial charge >= 0.3 is 0 Å². The molecule has 2 rings (SSSR count). The summed E-state index contributed by atoms with van der Waals surface area (Å²) in [5.41, 5.74) is 1.00. The average molecular weight is 244 g/mol. The summed E-state index contributed by atoms with van der Waals surface area (Å²) >= 11 is 0. The number of aldehydes is 1. The highest BCUT2D eigenvalue weighted by molar-refractivity contribution is 5.85. The number of rotatable bonds is 2. The Kier molecular flexibility index (Phi) is 4.74. The van der Waals surface area contributed by atoms with Crippen molar-refractivity contribution in [1.82, 2.24) is 0 Å². The second-order valence-electron chi connectivity index (χ2n) is 3.96. The molecule has 0 N–H and O–H groups in total. The lowest BCUT2D eigenvalue weighted by Gasteiger charge is -2.32. The van der Waals surface area contributed by atoms with E-state index in [1.807, 2.05) is 0 Å². The van der Waals surface area contributed by atoms with E-state index in [1.165, 1.54) is 12.1 Å². The lowest BCUT2D eigenvalue weighted by atomic mass is 9.99. The Morgan fingerprint density at radius 3 is 2.62 bits per heavy atom. The van der Waals surface area contributed by atoms with Crippen LogP contribution in [0.5, 0.6) is 0 Å². The van der Waals surface area contributed by atoms with Crippen LogP contribution in [-0.4, -0.2) is 19.4 Å². The lowest BCUT2D eigenvalue weighted by Crippen LogP contribution is -2.35. The molecule has 1 fully saturated rings. The van der Waals surface area contributed by atoms with Gasteiger partial charge in [0.15, 0.2) is 0 Å². The first-order chi connectivity index (χ1) is 7.29. The molecule has 1 saturated heterocycles. The molecule has 1 unspecified atom stereocenters. The molecular formula is C12H15ClFNO. The van der Waals surface area contributed by atoms with E-state index >= 15 is 0 Å². The number of piperidine rings is 1. The standard InChI is InChI=1S/C12H14FNO.ClH/c13-11-3-5-12(6-4-11)14-7-1-2-10(8-14)9-15;/h3-6,9-10H,1-2,7-8H2;1H. The highest BCUT2D eigenvalue weighted by Gasteiger charge is 2.19. The van der Waals surface area contributed by atoms with Crippen molar-refractivity contribution in [1.29, 1.82) is 0 Å². The Bertz CT molecular complexity index is 341. The quantitative estimate of drug-likeness (QED) is 0.745. The minimum atomic E-state index is -0.220. The number of benzene rings is 1. The van der Waals surface area contributed by atoms with Gasteiger partial charge in [-0.25, -0.2) is 4.39 Å². The first-order valence-corrected chi connectivity index (χ1v) is 5.25. The fraction of sp³-hybridized carbons (Fsp3) is 0.417. The van der Waals surface area contributed by atoms with Crippen LogP contribution in [0.4, 0.5) is 10.1 Å². The van der Waals surface area contributed by atoms with Gasteiger partial charge in [0, 0.05) is 24.7 Å². The van der Waals surface area contributed by atoms with Crippen molar-refractivity contribution in [2.45, 2.75) is 12.8 Å². The minimum absolute atomic E-state index is 0. The molecule has 2 nitrogen and oxygen atoms in total. The maximum atomic E-state index is 12.7. The third-order valence-corrected chi connectivity index (χ3v) is 2.84. The maximum absolute atomic E-state index is 12.7. The Morgan fingerprint density at radius 1 is 1.31 bits per heavy atom. The molecule has 0 spiro atoms. The largest absolute Gasteiger partial charge is 0.371 e. The zero-order valence-electron chi connectivity index (χ0n) is 8.93. The van der Waals surface area contributed by atoms with E-state index in [2.05, 4.69) is 4.90 Å². The molecule has 0 bridgehead atoms. The molecule has 0 aliphatic carbocycles. The first-order valence-electron chi connectivity index (χ1n) is 5.25. The van der Waals surface area contributed by atoms with E-state index in [0.29, 0.717) is 0 Å². The molecule has 1 aromatic rings. The number of carbonyl (C=O) groups excluding carboxylic acids is 1. The maximum Gasteiger partial charge on any atom is 0.124 e. The number of hydrogen-bond acceptors (Lipinski definition) is 2. The SMILES string of the molecule is Cl.O=CC1CCCN(c2ccc(F)cc2)C1. The normalized spacial score (nSPS) is 20.1. The van der Waals surface area contributed by atoms with E-state index in [0.717, 1.165) is 37.9 Å². The molecule has 1 aromatic carbocycles. The molecule has 0 radical (unpaired) electrons. The molecule has 0 saturated carbocycles. The number of hydrogen-bond donors (Lipinski definition) is 0. The molecule has 16 heavy (non-hydrogen) atoms. The van der Waals surface area contributed by atoms with E-state index < -0.39 is 0 Å². The van der Waals surface area contributed by atoms with Crippen molar-refractivity contribution in [3.8, 4) is 0 Å². The molecule has 0 aromatic heterocycles. The van der Waals surface area contributed by atoms with Crippen LogP contribution in [0.15, 0.2) is 24.3 Å². The van der Waals surface area contributed by atoms with Crippen LogP contribution in [0.25, 0.3) is 0 Å². The molecular weight excluding hydrogens is 229 g/mol. The highest BCUT2D eigenvalue weighted by atomic mass is 35.5. The van der Waals surface area contributed by atoms with E-state index in [4.69, 9.17) is 0 Å². The molecule has 1 atom stereocenters. The van der Waals surface area contributed by atoms with E-state index in [-0.39, 0.29) is 24.1 Å². The third-order valence-electron chi connectivity index (χ3n) is 2.84. The van der Waals surface area contributed by atoms with E-state index in [1.54, 1.807) is 12.1 Å². The zero-order chi connectivity index (χ0) is 10.7. The minimum Gasteiger partial charge on any atom is -0.371 e. The van der Waals surface area contributed by atoms with Gasteiger partial charge < -0.3 is 9.69 Å². The van der Waals surface area contributed by atoms with Gasteiger partial charge in [0.05, 0.1) is 0 Å². The van der Waals surface area contributed by atoms with Crippen LogP contribution >= 0.6 is 12.4 Å². The predicted octanol–water partition coefficient (Wildman–Crippen LogP) is 2.66. The summed E-state index contributed by atoms with van der Waals surface area (Å²) in [6, 6.07) is 6.45. The third kappa shape index (κ3) is 2.95. The highest BCUT2D eigenvalue weighted by Crippen LogP contribution is 2.22. The number of nitrogens with zero attached hydrogens (tertiary/aromatic N) is 1. The van der Waals surface area contributed by atoms with Crippen molar-refractivity contribution < 1.29 is 9.18 Å². The van der Waals surface area contributed by atoms with Gasteiger partial charge in [-0.05, 0) is 37.1 Å². The van der Waals surface area contributed by atoms with Gasteiger partial charge in [-0.2, -0.15) is 0 Å².